The number of likely N-dealkylation sites (tertiary alicyclic amines) is 1. The fraction of sp³-hybridized carbons (Fsp3) is 0.457. The Labute approximate surface area is 264 Å². The van der Waals surface area contributed by atoms with Gasteiger partial charge in [0.15, 0.2) is 0 Å². The van der Waals surface area contributed by atoms with Crippen molar-refractivity contribution in [1.29, 1.82) is 0 Å². The van der Waals surface area contributed by atoms with Crippen LogP contribution in [0.3, 0.4) is 0 Å². The molecule has 4 aliphatic heterocycles. The van der Waals surface area contributed by atoms with Gasteiger partial charge in [-0.2, -0.15) is 0 Å². The molecule has 0 saturated carbocycles. The topological polar surface area (TPSA) is 84.4 Å². The Kier molecular flexibility index (Phi) is 8.13. The van der Waals surface area contributed by atoms with Gasteiger partial charge in [0, 0.05) is 48.0 Å². The molecule has 4 aliphatic rings. The maximum atomic E-state index is 14.8. The molecular formula is C35H42N4O4S. The fourth-order valence-corrected chi connectivity index (χ4v) is 9.92. The third kappa shape index (κ3) is 4.58. The molecule has 0 bridgehead atoms. The summed E-state index contributed by atoms with van der Waals surface area (Å²) in [7, 11) is 0. The number of thioether (sulfide) groups is 1. The maximum Gasteiger partial charge on any atom is 0.251 e. The van der Waals surface area contributed by atoms with E-state index in [1.165, 1.54) is 0 Å². The van der Waals surface area contributed by atoms with Crippen LogP contribution in [0, 0.1) is 11.8 Å². The Bertz CT molecular complexity index is 1470. The average Bonchev–Trinajstić information content (AvgIpc) is 3.30. The molecule has 8 nitrogen and oxygen atoms in total. The molecule has 2 saturated heterocycles. The van der Waals surface area contributed by atoms with Gasteiger partial charge >= 0.3 is 0 Å². The first-order chi connectivity index (χ1) is 21.2. The quantitative estimate of drug-likeness (QED) is 0.441. The average molecular weight is 615 g/mol. The van der Waals surface area contributed by atoms with Crippen molar-refractivity contribution in [3.8, 4) is 0 Å². The molecule has 1 unspecified atom stereocenters. The molecule has 4 heterocycles. The van der Waals surface area contributed by atoms with E-state index in [1.807, 2.05) is 86.7 Å². The number of para-hydroxylation sites is 1. The van der Waals surface area contributed by atoms with E-state index in [2.05, 4.69) is 24.8 Å². The number of aliphatic hydroxyl groups is 1. The largest absolute Gasteiger partial charge is 0.394 e. The van der Waals surface area contributed by atoms with Crippen LogP contribution in [-0.2, 0) is 14.4 Å². The number of carbonyl (C=O) groups is 3. The van der Waals surface area contributed by atoms with Gasteiger partial charge < -0.3 is 24.7 Å². The van der Waals surface area contributed by atoms with E-state index in [9.17, 15) is 19.5 Å². The lowest BCUT2D eigenvalue weighted by atomic mass is 9.74. The summed E-state index contributed by atoms with van der Waals surface area (Å²) in [5, 5.41) is 10.5. The minimum absolute atomic E-state index is 0.113. The Morgan fingerprint density at radius 3 is 2.07 bits per heavy atom. The van der Waals surface area contributed by atoms with Gasteiger partial charge in [-0.15, -0.1) is 11.8 Å². The van der Waals surface area contributed by atoms with Crippen molar-refractivity contribution in [3.05, 3.63) is 78.9 Å². The molecule has 2 fully saturated rings. The Balaban J connectivity index is 1.44. The molecular weight excluding hydrogens is 572 g/mol. The summed E-state index contributed by atoms with van der Waals surface area (Å²) in [6, 6.07) is 16.2. The molecule has 2 aromatic carbocycles. The summed E-state index contributed by atoms with van der Waals surface area (Å²) in [5.74, 6) is -1.96. The van der Waals surface area contributed by atoms with E-state index in [4.69, 9.17) is 0 Å². The van der Waals surface area contributed by atoms with Gasteiger partial charge in [0.1, 0.15) is 6.04 Å². The first kappa shape index (κ1) is 30.5. The summed E-state index contributed by atoms with van der Waals surface area (Å²) in [4.78, 5) is 51.4. The lowest BCUT2D eigenvalue weighted by Gasteiger charge is -2.39. The number of benzene rings is 2. The van der Waals surface area contributed by atoms with Gasteiger partial charge in [0.2, 0.25) is 11.8 Å². The second-order valence-corrected chi connectivity index (χ2v) is 14.0. The number of hydrogen-bond donors (Lipinski definition) is 1. The normalized spacial score (nSPS) is 30.2. The zero-order valence-electron chi connectivity index (χ0n) is 25.9. The van der Waals surface area contributed by atoms with Crippen molar-refractivity contribution in [2.24, 2.45) is 11.8 Å². The molecule has 1 spiro atoms. The molecule has 0 aromatic heterocycles. The van der Waals surface area contributed by atoms with Crippen molar-refractivity contribution in [3.63, 3.8) is 0 Å². The first-order valence-corrected chi connectivity index (χ1v) is 16.6. The molecule has 1 N–H and O–H groups in total. The molecule has 232 valence electrons. The molecule has 3 amide bonds. The number of carbonyl (C=O) groups excluding carboxylic acids is 3. The molecule has 44 heavy (non-hydrogen) atoms. The summed E-state index contributed by atoms with van der Waals surface area (Å²) >= 11 is 1.57. The van der Waals surface area contributed by atoms with E-state index in [0.29, 0.717) is 19.5 Å². The number of rotatable bonds is 8. The molecule has 2 aromatic rings. The Morgan fingerprint density at radius 2 is 1.45 bits per heavy atom. The highest BCUT2D eigenvalue weighted by Crippen LogP contribution is 2.66. The SMILES string of the molecule is CC[C@@H](CO)N1C(=O)[C@@H]2[C@@H]3C(=O)N(c4ccccc4)CC=C[C@]3(C)S[C@@]23C=CCN(c2ccc(N(CC)CC)cc2)C(=O)C13. The van der Waals surface area contributed by atoms with Crippen LogP contribution < -0.4 is 14.7 Å². The van der Waals surface area contributed by atoms with E-state index in [1.54, 1.807) is 26.5 Å². The van der Waals surface area contributed by atoms with Crippen LogP contribution in [0.4, 0.5) is 17.1 Å². The van der Waals surface area contributed by atoms with Crippen LogP contribution in [0.15, 0.2) is 78.9 Å². The van der Waals surface area contributed by atoms with Crippen molar-refractivity contribution in [2.45, 2.75) is 55.7 Å². The van der Waals surface area contributed by atoms with Gasteiger partial charge in [-0.1, -0.05) is 49.4 Å². The lowest BCUT2D eigenvalue weighted by Crippen LogP contribution is -2.56. The number of nitrogens with zero attached hydrogens (tertiary/aromatic N) is 4. The Morgan fingerprint density at radius 1 is 0.841 bits per heavy atom. The van der Waals surface area contributed by atoms with Gasteiger partial charge in [-0.3, -0.25) is 14.4 Å². The Hall–Kier alpha value is -3.56. The minimum atomic E-state index is -0.966. The van der Waals surface area contributed by atoms with E-state index in [-0.39, 0.29) is 24.3 Å². The van der Waals surface area contributed by atoms with E-state index in [0.717, 1.165) is 30.2 Å². The van der Waals surface area contributed by atoms with Crippen LogP contribution in [0.5, 0.6) is 0 Å². The number of aliphatic hydroxyl groups excluding tert-OH is 1. The smallest absolute Gasteiger partial charge is 0.251 e. The zero-order valence-corrected chi connectivity index (χ0v) is 26.7. The minimum Gasteiger partial charge on any atom is -0.394 e. The van der Waals surface area contributed by atoms with Gasteiger partial charge in [-0.05, 0) is 63.6 Å². The predicted molar refractivity (Wildman–Crippen MR) is 177 cm³/mol. The lowest BCUT2D eigenvalue weighted by molar-refractivity contribution is -0.142. The number of amides is 3. The van der Waals surface area contributed by atoms with Crippen molar-refractivity contribution < 1.29 is 19.5 Å². The van der Waals surface area contributed by atoms with Crippen LogP contribution in [-0.4, -0.2) is 82.1 Å². The van der Waals surface area contributed by atoms with Gasteiger partial charge in [0.05, 0.1) is 29.2 Å². The monoisotopic (exact) mass is 614 g/mol. The molecule has 9 heteroatoms. The summed E-state index contributed by atoms with van der Waals surface area (Å²) in [6.07, 6.45) is 8.60. The molecule has 0 aliphatic carbocycles. The number of hydrogen-bond acceptors (Lipinski definition) is 6. The molecule has 6 rings (SSSR count). The summed E-state index contributed by atoms with van der Waals surface area (Å²) < 4.78 is -1.66. The van der Waals surface area contributed by atoms with Crippen LogP contribution in [0.25, 0.3) is 0 Å². The molecule has 6 atom stereocenters. The first-order valence-electron chi connectivity index (χ1n) is 15.8. The summed E-state index contributed by atoms with van der Waals surface area (Å²) in [6.45, 7) is 10.5. The number of anilines is 3. The van der Waals surface area contributed by atoms with E-state index >= 15 is 0 Å². The second-order valence-electron chi connectivity index (χ2n) is 12.2. The van der Waals surface area contributed by atoms with Crippen molar-refractivity contribution in [1.82, 2.24) is 4.90 Å². The van der Waals surface area contributed by atoms with Gasteiger partial charge in [0.25, 0.3) is 5.91 Å². The van der Waals surface area contributed by atoms with E-state index < -0.39 is 33.4 Å². The third-order valence-electron chi connectivity index (χ3n) is 9.93. The molecule has 0 radical (unpaired) electrons. The fourth-order valence-electron chi connectivity index (χ4n) is 7.77. The van der Waals surface area contributed by atoms with Crippen molar-refractivity contribution >= 4 is 46.5 Å². The van der Waals surface area contributed by atoms with Crippen LogP contribution >= 0.6 is 11.8 Å². The standard InChI is InChI=1S/C35H42N4O4S/c1-5-24(23-40)39-30-33(43)38(27-17-15-25(16-18-27)36(6-2)7-3)22-12-20-35(30)29(32(39)42)28-31(41)37(26-13-9-8-10-14-26)21-11-19-34(28,4)44-35/h8-20,24,28-30,40H,5-7,21-23H2,1-4H3/t24-,28+,29-,30?,34-,35-/m0/s1. The highest BCUT2D eigenvalue weighted by Gasteiger charge is 2.74. The van der Waals surface area contributed by atoms with Crippen LogP contribution in [0.1, 0.15) is 34.1 Å². The highest BCUT2D eigenvalue weighted by molar-refractivity contribution is 8.02. The van der Waals surface area contributed by atoms with Crippen molar-refractivity contribution in [2.75, 3.05) is 47.5 Å². The third-order valence-corrected chi connectivity index (χ3v) is 11.7. The number of fused-ring (bicyclic) bond motifs is 2. The van der Waals surface area contributed by atoms with Gasteiger partial charge in [-0.25, -0.2) is 0 Å². The summed E-state index contributed by atoms with van der Waals surface area (Å²) in [5.41, 5.74) is 2.63. The van der Waals surface area contributed by atoms with Crippen LogP contribution in [0.2, 0.25) is 0 Å². The highest BCUT2D eigenvalue weighted by atomic mass is 32.2. The predicted octanol–water partition coefficient (Wildman–Crippen LogP) is 4.50. The maximum absolute atomic E-state index is 14.8. The second kappa shape index (κ2) is 11.7. The zero-order chi connectivity index (χ0) is 31.2.